The SMILES string of the molecule is CCc1nnc(Oc2ccc(OC3CCCCNC3=O)cc2)c(C#N)c1CC. The minimum atomic E-state index is -0.473. The van der Waals surface area contributed by atoms with Gasteiger partial charge in [0.2, 0.25) is 0 Å². The summed E-state index contributed by atoms with van der Waals surface area (Å²) in [4.78, 5) is 12.0. The summed E-state index contributed by atoms with van der Waals surface area (Å²) in [6.07, 6.45) is 3.55. The Morgan fingerprint density at radius 2 is 1.89 bits per heavy atom. The lowest BCUT2D eigenvalue weighted by Crippen LogP contribution is -2.36. The molecule has 1 amide bonds. The fourth-order valence-electron chi connectivity index (χ4n) is 3.23. The fraction of sp³-hybridized carbons (Fsp3) is 0.429. The molecule has 1 aromatic heterocycles. The van der Waals surface area contributed by atoms with Crippen LogP contribution in [0.15, 0.2) is 24.3 Å². The number of hydrogen-bond donors (Lipinski definition) is 1. The van der Waals surface area contributed by atoms with Crippen molar-refractivity contribution in [2.24, 2.45) is 0 Å². The fourth-order valence-corrected chi connectivity index (χ4v) is 3.23. The number of nitrogens with zero attached hydrogens (tertiary/aromatic N) is 3. The number of carbonyl (C=O) groups excluding carboxylic acids is 1. The van der Waals surface area contributed by atoms with Crippen molar-refractivity contribution in [3.63, 3.8) is 0 Å². The van der Waals surface area contributed by atoms with E-state index in [4.69, 9.17) is 9.47 Å². The average molecular weight is 380 g/mol. The summed E-state index contributed by atoms with van der Waals surface area (Å²) in [6.45, 7) is 4.67. The first-order valence-electron chi connectivity index (χ1n) is 9.67. The number of carbonyl (C=O) groups is 1. The molecule has 1 unspecified atom stereocenters. The lowest BCUT2D eigenvalue weighted by atomic mass is 10.0. The third-order valence-electron chi connectivity index (χ3n) is 4.73. The topological polar surface area (TPSA) is 97.1 Å². The standard InChI is InChI=1S/C21H24N4O3/c1-3-16-17(13-22)21(25-24-18(16)4-2)28-15-10-8-14(9-11-15)27-19-7-5-6-12-23-20(19)26/h8-11,19H,3-7,12H2,1-2H3,(H,23,26). The van der Waals surface area contributed by atoms with Crippen LogP contribution in [0.25, 0.3) is 0 Å². The van der Waals surface area contributed by atoms with E-state index in [9.17, 15) is 10.1 Å². The van der Waals surface area contributed by atoms with Crippen LogP contribution in [0.3, 0.4) is 0 Å². The van der Waals surface area contributed by atoms with Crippen LogP contribution in [-0.2, 0) is 17.6 Å². The Hall–Kier alpha value is -3.14. The Balaban J connectivity index is 1.74. The highest BCUT2D eigenvalue weighted by Crippen LogP contribution is 2.28. The van der Waals surface area contributed by atoms with Gasteiger partial charge in [0, 0.05) is 6.54 Å². The first kappa shape index (κ1) is 19.6. The molecule has 7 heteroatoms. The normalized spacial score (nSPS) is 16.6. The Bertz CT molecular complexity index is 874. The lowest BCUT2D eigenvalue weighted by Gasteiger charge is -2.16. The average Bonchev–Trinajstić information content (AvgIpc) is 2.93. The Morgan fingerprint density at radius 3 is 2.57 bits per heavy atom. The van der Waals surface area contributed by atoms with Crippen LogP contribution in [0, 0.1) is 11.3 Å². The van der Waals surface area contributed by atoms with Crippen LogP contribution in [0.2, 0.25) is 0 Å². The Morgan fingerprint density at radius 1 is 1.14 bits per heavy atom. The molecule has 28 heavy (non-hydrogen) atoms. The molecule has 7 nitrogen and oxygen atoms in total. The van der Waals surface area contributed by atoms with Crippen LogP contribution >= 0.6 is 0 Å². The van der Waals surface area contributed by atoms with Gasteiger partial charge < -0.3 is 14.8 Å². The molecule has 1 aliphatic heterocycles. The van der Waals surface area contributed by atoms with Crippen LogP contribution in [0.4, 0.5) is 0 Å². The number of ether oxygens (including phenoxy) is 2. The van der Waals surface area contributed by atoms with E-state index < -0.39 is 6.10 Å². The summed E-state index contributed by atoms with van der Waals surface area (Å²) in [5, 5.41) is 20.7. The van der Waals surface area contributed by atoms with Gasteiger partial charge in [-0.15, -0.1) is 5.10 Å². The first-order valence-corrected chi connectivity index (χ1v) is 9.67. The minimum Gasteiger partial charge on any atom is -0.481 e. The van der Waals surface area contributed by atoms with Crippen molar-refractivity contribution in [1.82, 2.24) is 15.5 Å². The van der Waals surface area contributed by atoms with E-state index in [0.29, 0.717) is 42.9 Å². The molecule has 0 radical (unpaired) electrons. The third-order valence-corrected chi connectivity index (χ3v) is 4.73. The molecule has 0 saturated carbocycles. The van der Waals surface area contributed by atoms with Crippen LogP contribution in [0.1, 0.15) is 49.9 Å². The Kier molecular flexibility index (Phi) is 6.43. The zero-order chi connectivity index (χ0) is 19.9. The zero-order valence-electron chi connectivity index (χ0n) is 16.2. The molecule has 0 aliphatic carbocycles. The van der Waals surface area contributed by atoms with Gasteiger partial charge in [0.15, 0.2) is 6.10 Å². The summed E-state index contributed by atoms with van der Waals surface area (Å²) in [7, 11) is 0. The number of amides is 1. The van der Waals surface area contributed by atoms with Crippen LogP contribution in [0.5, 0.6) is 17.4 Å². The molecule has 3 rings (SSSR count). The van der Waals surface area contributed by atoms with E-state index in [1.165, 1.54) is 0 Å². The number of nitrogens with one attached hydrogen (secondary N) is 1. The van der Waals surface area contributed by atoms with E-state index in [1.807, 2.05) is 13.8 Å². The van der Waals surface area contributed by atoms with Crippen molar-refractivity contribution in [1.29, 1.82) is 5.26 Å². The van der Waals surface area contributed by atoms with E-state index in [-0.39, 0.29) is 11.8 Å². The number of nitriles is 1. The molecule has 1 aromatic carbocycles. The van der Waals surface area contributed by atoms with Gasteiger partial charge in [-0.05, 0) is 61.9 Å². The predicted octanol–water partition coefficient (Wildman–Crippen LogP) is 3.31. The molecule has 2 heterocycles. The second-order valence-corrected chi connectivity index (χ2v) is 6.59. The first-order chi connectivity index (χ1) is 13.7. The van der Waals surface area contributed by atoms with Crippen molar-refractivity contribution in [2.45, 2.75) is 52.1 Å². The molecule has 0 bridgehead atoms. The van der Waals surface area contributed by atoms with Gasteiger partial charge in [-0.25, -0.2) is 0 Å². The maximum atomic E-state index is 12.0. The second-order valence-electron chi connectivity index (χ2n) is 6.59. The van der Waals surface area contributed by atoms with E-state index >= 15 is 0 Å². The smallest absolute Gasteiger partial charge is 0.261 e. The molecule has 1 fully saturated rings. The highest BCUT2D eigenvalue weighted by atomic mass is 16.5. The number of hydrogen-bond acceptors (Lipinski definition) is 6. The molecule has 1 saturated heterocycles. The van der Waals surface area contributed by atoms with Gasteiger partial charge in [0.05, 0.1) is 5.69 Å². The summed E-state index contributed by atoms with van der Waals surface area (Å²) in [6, 6.07) is 9.13. The van der Waals surface area contributed by atoms with Crippen LogP contribution in [-0.4, -0.2) is 28.8 Å². The maximum Gasteiger partial charge on any atom is 0.261 e. The van der Waals surface area contributed by atoms with Crippen LogP contribution < -0.4 is 14.8 Å². The van der Waals surface area contributed by atoms with Crippen molar-refractivity contribution in [2.75, 3.05) is 6.54 Å². The minimum absolute atomic E-state index is 0.0742. The van der Waals surface area contributed by atoms with E-state index in [2.05, 4.69) is 21.6 Å². The summed E-state index contributed by atoms with van der Waals surface area (Å²) in [5.41, 5.74) is 2.11. The summed E-state index contributed by atoms with van der Waals surface area (Å²) >= 11 is 0. The highest BCUT2D eigenvalue weighted by molar-refractivity contribution is 5.81. The van der Waals surface area contributed by atoms with E-state index in [1.54, 1.807) is 24.3 Å². The number of aromatic nitrogens is 2. The predicted molar refractivity (Wildman–Crippen MR) is 103 cm³/mol. The van der Waals surface area contributed by atoms with Gasteiger partial charge in [-0.3, -0.25) is 4.79 Å². The number of aryl methyl sites for hydroxylation is 1. The van der Waals surface area contributed by atoms with E-state index in [0.717, 1.165) is 24.1 Å². The largest absolute Gasteiger partial charge is 0.481 e. The van der Waals surface area contributed by atoms with Crippen molar-refractivity contribution in [3.8, 4) is 23.4 Å². The highest BCUT2D eigenvalue weighted by Gasteiger charge is 2.22. The zero-order valence-corrected chi connectivity index (χ0v) is 16.2. The molecule has 1 N–H and O–H groups in total. The molecule has 0 spiro atoms. The number of rotatable bonds is 6. The number of benzene rings is 1. The quantitative estimate of drug-likeness (QED) is 0.826. The molecule has 1 aliphatic rings. The maximum absolute atomic E-state index is 12.0. The Labute approximate surface area is 164 Å². The van der Waals surface area contributed by atoms with Crippen molar-refractivity contribution < 1.29 is 14.3 Å². The molecule has 2 aromatic rings. The van der Waals surface area contributed by atoms with Gasteiger partial charge in [-0.1, -0.05) is 13.8 Å². The third kappa shape index (κ3) is 4.39. The summed E-state index contributed by atoms with van der Waals surface area (Å²) in [5.74, 6) is 1.24. The molecule has 146 valence electrons. The van der Waals surface area contributed by atoms with Crippen molar-refractivity contribution >= 4 is 5.91 Å². The van der Waals surface area contributed by atoms with Crippen molar-refractivity contribution in [3.05, 3.63) is 41.1 Å². The van der Waals surface area contributed by atoms with Gasteiger partial charge in [0.25, 0.3) is 11.8 Å². The van der Waals surface area contributed by atoms with Gasteiger partial charge in [0.1, 0.15) is 23.1 Å². The lowest BCUT2D eigenvalue weighted by molar-refractivity contribution is -0.127. The monoisotopic (exact) mass is 380 g/mol. The molecular formula is C21H24N4O3. The molecule has 1 atom stereocenters. The van der Waals surface area contributed by atoms with Gasteiger partial charge >= 0.3 is 0 Å². The summed E-state index contributed by atoms with van der Waals surface area (Å²) < 4.78 is 11.6. The molecular weight excluding hydrogens is 356 g/mol. The second kappa shape index (κ2) is 9.18. The van der Waals surface area contributed by atoms with Gasteiger partial charge in [-0.2, -0.15) is 10.4 Å².